The van der Waals surface area contributed by atoms with E-state index in [2.05, 4.69) is 23.7 Å². The molecule has 0 aromatic carbocycles. The molecule has 0 aromatic heterocycles. The van der Waals surface area contributed by atoms with Crippen molar-refractivity contribution in [3.8, 4) is 23.7 Å². The third-order valence-corrected chi connectivity index (χ3v) is 0.671. The van der Waals surface area contributed by atoms with Gasteiger partial charge in [0.2, 0.25) is 0 Å². The number of nitrogens with zero attached hydrogens (tertiary/aromatic N) is 1. The van der Waals surface area contributed by atoms with E-state index < -0.39 is 0 Å². The summed E-state index contributed by atoms with van der Waals surface area (Å²) < 4.78 is 0. The van der Waals surface area contributed by atoms with Crippen LogP contribution < -0.4 is 0 Å². The van der Waals surface area contributed by atoms with Crippen LogP contribution in [0.4, 0.5) is 0 Å². The van der Waals surface area contributed by atoms with Crippen LogP contribution in [-0.2, 0) is 0 Å². The molecule has 0 rings (SSSR count). The first-order valence-corrected chi connectivity index (χ1v) is 2.81. The van der Waals surface area contributed by atoms with Crippen molar-refractivity contribution in [2.45, 2.75) is 6.92 Å². The Morgan fingerprint density at radius 2 is 1.89 bits per heavy atom. The van der Waals surface area contributed by atoms with Crippen LogP contribution in [0, 0.1) is 23.7 Å². The van der Waals surface area contributed by atoms with Crippen LogP contribution in [0.5, 0.6) is 0 Å². The highest BCUT2D eigenvalue weighted by molar-refractivity contribution is 5.25. The van der Waals surface area contributed by atoms with Crippen molar-refractivity contribution in [2.75, 3.05) is 20.6 Å². The number of rotatable bonds is 1. The molecule has 1 nitrogen and oxygen atoms in total. The Balaban J connectivity index is 3.46. The van der Waals surface area contributed by atoms with Gasteiger partial charge in [0.25, 0.3) is 0 Å². The van der Waals surface area contributed by atoms with E-state index >= 15 is 0 Å². The van der Waals surface area contributed by atoms with Gasteiger partial charge in [-0.15, -0.1) is 0 Å². The Bertz CT molecular complexity index is 170. The summed E-state index contributed by atoms with van der Waals surface area (Å²) in [6.07, 6.45) is 0. The predicted octanol–water partition coefficient (Wildman–Crippen LogP) is 0.575. The summed E-state index contributed by atoms with van der Waals surface area (Å²) in [4.78, 5) is 2.00. The molecule has 1 heteroatoms. The summed E-state index contributed by atoms with van der Waals surface area (Å²) in [6.45, 7) is 2.57. The molecule has 0 unspecified atom stereocenters. The lowest BCUT2D eigenvalue weighted by molar-refractivity contribution is 0.464. The van der Waals surface area contributed by atoms with Crippen LogP contribution in [0.25, 0.3) is 0 Å². The van der Waals surface area contributed by atoms with Gasteiger partial charge in [0.1, 0.15) is 0 Å². The van der Waals surface area contributed by atoms with E-state index in [4.69, 9.17) is 0 Å². The molecule has 0 aliphatic carbocycles. The predicted molar refractivity (Wildman–Crippen MR) is 39.8 cm³/mol. The molecule has 0 aromatic rings. The summed E-state index contributed by atoms with van der Waals surface area (Å²) in [5, 5.41) is 0. The van der Waals surface area contributed by atoms with Gasteiger partial charge in [0.05, 0.1) is 6.54 Å². The van der Waals surface area contributed by atoms with E-state index in [0.29, 0.717) is 0 Å². The zero-order valence-electron chi connectivity index (χ0n) is 6.15. The van der Waals surface area contributed by atoms with E-state index in [1.807, 2.05) is 19.0 Å². The van der Waals surface area contributed by atoms with E-state index in [1.165, 1.54) is 0 Å². The molecule has 0 saturated carbocycles. The van der Waals surface area contributed by atoms with Gasteiger partial charge in [-0.05, 0) is 32.9 Å². The fourth-order valence-corrected chi connectivity index (χ4v) is 0.304. The van der Waals surface area contributed by atoms with Crippen molar-refractivity contribution < 1.29 is 0 Å². The molecular weight excluding hydrogens is 110 g/mol. The molecule has 9 heavy (non-hydrogen) atoms. The molecule has 0 bridgehead atoms. The Morgan fingerprint density at radius 3 is 2.33 bits per heavy atom. The highest BCUT2D eigenvalue weighted by Crippen LogP contribution is 1.67. The summed E-state index contributed by atoms with van der Waals surface area (Å²) in [7, 11) is 3.96. The number of hydrogen-bond donors (Lipinski definition) is 0. The smallest absolute Gasteiger partial charge is 0.0606 e. The first kappa shape index (κ1) is 8.08. The lowest BCUT2D eigenvalue weighted by atomic mass is 10.5. The van der Waals surface area contributed by atoms with Gasteiger partial charge in [-0.25, -0.2) is 0 Å². The SMILES string of the molecule is CC#CC#CCN(C)C. The van der Waals surface area contributed by atoms with Gasteiger partial charge in [-0.2, -0.15) is 0 Å². The minimum absolute atomic E-state index is 0.786. The van der Waals surface area contributed by atoms with E-state index in [-0.39, 0.29) is 0 Å². The Morgan fingerprint density at radius 1 is 1.22 bits per heavy atom. The van der Waals surface area contributed by atoms with Crippen LogP contribution in [-0.4, -0.2) is 25.5 Å². The molecule has 0 aliphatic heterocycles. The van der Waals surface area contributed by atoms with Crippen molar-refractivity contribution in [2.24, 2.45) is 0 Å². The monoisotopic (exact) mass is 121 g/mol. The molecule has 0 saturated heterocycles. The molecule has 48 valence electrons. The Kier molecular flexibility index (Phi) is 4.69. The minimum Gasteiger partial charge on any atom is -0.298 e. The quantitative estimate of drug-likeness (QED) is 0.458. The zero-order valence-corrected chi connectivity index (χ0v) is 6.15. The van der Waals surface area contributed by atoms with Gasteiger partial charge in [-0.3, -0.25) is 4.90 Å². The molecule has 0 spiro atoms. The van der Waals surface area contributed by atoms with Crippen molar-refractivity contribution in [3.05, 3.63) is 0 Å². The fourth-order valence-electron chi connectivity index (χ4n) is 0.304. The van der Waals surface area contributed by atoms with Gasteiger partial charge in [0, 0.05) is 0 Å². The van der Waals surface area contributed by atoms with Crippen LogP contribution in [0.1, 0.15) is 6.92 Å². The standard InChI is InChI=1S/C8H11N/c1-4-5-6-7-8-9(2)3/h8H2,1-3H3. The van der Waals surface area contributed by atoms with Crippen molar-refractivity contribution in [3.63, 3.8) is 0 Å². The highest BCUT2D eigenvalue weighted by Gasteiger charge is 1.77. The second-order valence-electron chi connectivity index (χ2n) is 1.91. The molecule has 0 aliphatic rings. The third kappa shape index (κ3) is 7.08. The molecule has 0 radical (unpaired) electrons. The normalized spacial score (nSPS) is 7.11. The van der Waals surface area contributed by atoms with Gasteiger partial charge in [0.15, 0.2) is 0 Å². The van der Waals surface area contributed by atoms with Crippen LogP contribution in [0.2, 0.25) is 0 Å². The minimum atomic E-state index is 0.786. The third-order valence-electron chi connectivity index (χ3n) is 0.671. The van der Waals surface area contributed by atoms with Crippen LogP contribution >= 0.6 is 0 Å². The maximum absolute atomic E-state index is 2.89. The summed E-state index contributed by atoms with van der Waals surface area (Å²) in [5.74, 6) is 11.0. The van der Waals surface area contributed by atoms with Crippen molar-refractivity contribution >= 4 is 0 Å². The topological polar surface area (TPSA) is 3.24 Å². The van der Waals surface area contributed by atoms with Gasteiger partial charge in [-0.1, -0.05) is 11.8 Å². The van der Waals surface area contributed by atoms with Crippen LogP contribution in [0.3, 0.4) is 0 Å². The maximum atomic E-state index is 2.89. The maximum Gasteiger partial charge on any atom is 0.0606 e. The molecular formula is C8H11N. The average molecular weight is 121 g/mol. The van der Waals surface area contributed by atoms with Crippen molar-refractivity contribution in [1.82, 2.24) is 4.90 Å². The molecule has 0 N–H and O–H groups in total. The summed E-state index contributed by atoms with van der Waals surface area (Å²) >= 11 is 0. The second kappa shape index (κ2) is 5.22. The lowest BCUT2D eigenvalue weighted by Gasteiger charge is -1.99. The van der Waals surface area contributed by atoms with E-state index in [0.717, 1.165) is 6.54 Å². The molecule has 0 heterocycles. The van der Waals surface area contributed by atoms with Crippen molar-refractivity contribution in [1.29, 1.82) is 0 Å². The lowest BCUT2D eigenvalue weighted by Crippen LogP contribution is -2.10. The number of hydrogen-bond acceptors (Lipinski definition) is 1. The van der Waals surface area contributed by atoms with E-state index in [9.17, 15) is 0 Å². The highest BCUT2D eigenvalue weighted by atomic mass is 15.0. The summed E-state index contributed by atoms with van der Waals surface area (Å²) in [6, 6.07) is 0. The Labute approximate surface area is 57.1 Å². The van der Waals surface area contributed by atoms with Crippen LogP contribution in [0.15, 0.2) is 0 Å². The first-order valence-electron chi connectivity index (χ1n) is 2.81. The van der Waals surface area contributed by atoms with E-state index in [1.54, 1.807) is 6.92 Å². The Hall–Kier alpha value is -0.920. The summed E-state index contributed by atoms with van der Waals surface area (Å²) in [5.41, 5.74) is 0. The molecule has 0 atom stereocenters. The first-order chi connectivity index (χ1) is 4.27. The molecule has 0 amide bonds. The zero-order chi connectivity index (χ0) is 7.11. The van der Waals surface area contributed by atoms with Gasteiger partial charge < -0.3 is 0 Å². The molecule has 0 fully saturated rings. The van der Waals surface area contributed by atoms with Gasteiger partial charge >= 0.3 is 0 Å². The largest absolute Gasteiger partial charge is 0.298 e. The fraction of sp³-hybridized carbons (Fsp3) is 0.500. The second-order valence-corrected chi connectivity index (χ2v) is 1.91. The average Bonchev–Trinajstić information content (AvgIpc) is 1.80.